The van der Waals surface area contributed by atoms with E-state index in [2.05, 4.69) is 5.32 Å². The van der Waals surface area contributed by atoms with Gasteiger partial charge in [0.25, 0.3) is 5.91 Å². The van der Waals surface area contributed by atoms with Gasteiger partial charge in [0.05, 0.1) is 6.07 Å². The van der Waals surface area contributed by atoms with Gasteiger partial charge in [0.2, 0.25) is 0 Å². The van der Waals surface area contributed by atoms with Crippen molar-refractivity contribution in [3.63, 3.8) is 0 Å². The van der Waals surface area contributed by atoms with E-state index in [9.17, 15) is 14.0 Å². The molecule has 5 nitrogen and oxygen atoms in total. The predicted molar refractivity (Wildman–Crippen MR) is 60.1 cm³/mol. The monoisotopic (exact) mass is 250 g/mol. The van der Waals surface area contributed by atoms with E-state index in [4.69, 9.17) is 10.4 Å². The van der Waals surface area contributed by atoms with E-state index in [-0.39, 0.29) is 18.4 Å². The molecular weight excluding hydrogens is 239 g/mol. The minimum absolute atomic E-state index is 0.0266. The lowest BCUT2D eigenvalue weighted by Crippen LogP contribution is -2.40. The maximum absolute atomic E-state index is 12.6. The van der Waals surface area contributed by atoms with Crippen molar-refractivity contribution >= 4 is 11.9 Å². The number of carbonyl (C=O) groups is 2. The molecule has 1 atom stereocenters. The highest BCUT2D eigenvalue weighted by Crippen LogP contribution is 2.04. The van der Waals surface area contributed by atoms with Crippen LogP contribution in [0.5, 0.6) is 0 Å². The van der Waals surface area contributed by atoms with Crippen molar-refractivity contribution in [2.24, 2.45) is 0 Å². The number of halogens is 1. The molecule has 0 aliphatic heterocycles. The molecule has 6 heteroatoms. The van der Waals surface area contributed by atoms with Gasteiger partial charge in [-0.3, -0.25) is 4.79 Å². The molecule has 1 aromatic carbocycles. The Bertz CT molecular complexity index is 479. The third kappa shape index (κ3) is 3.87. The molecule has 0 spiro atoms. The van der Waals surface area contributed by atoms with E-state index in [0.29, 0.717) is 0 Å². The zero-order chi connectivity index (χ0) is 13.5. The highest BCUT2D eigenvalue weighted by Gasteiger charge is 2.20. The van der Waals surface area contributed by atoms with Crippen LogP contribution < -0.4 is 5.32 Å². The second kappa shape index (κ2) is 6.35. The first-order valence-electron chi connectivity index (χ1n) is 5.20. The van der Waals surface area contributed by atoms with Crippen LogP contribution in [0.4, 0.5) is 4.39 Å². The molecule has 0 fully saturated rings. The van der Waals surface area contributed by atoms with Gasteiger partial charge in [-0.05, 0) is 30.7 Å². The maximum atomic E-state index is 12.6. The fraction of sp³-hybridized carbons (Fsp3) is 0.250. The first-order valence-corrected chi connectivity index (χ1v) is 5.20. The summed E-state index contributed by atoms with van der Waals surface area (Å²) in [7, 11) is 0. The SMILES string of the molecule is N#CCC[C@H](NC(=O)c1ccc(F)cc1)C(=O)O. The molecule has 0 aromatic heterocycles. The molecule has 0 saturated carbocycles. The molecule has 0 radical (unpaired) electrons. The normalized spacial score (nSPS) is 11.3. The van der Waals surface area contributed by atoms with Crippen molar-refractivity contribution in [1.29, 1.82) is 5.26 Å². The predicted octanol–water partition coefficient (Wildman–Crippen LogP) is 1.31. The lowest BCUT2D eigenvalue weighted by molar-refractivity contribution is -0.139. The number of carbonyl (C=O) groups excluding carboxylic acids is 1. The van der Waals surface area contributed by atoms with Gasteiger partial charge in [0.1, 0.15) is 11.9 Å². The van der Waals surface area contributed by atoms with E-state index >= 15 is 0 Å². The van der Waals surface area contributed by atoms with Gasteiger partial charge in [0, 0.05) is 12.0 Å². The summed E-state index contributed by atoms with van der Waals surface area (Å²) in [6.07, 6.45) is 0.0550. The lowest BCUT2D eigenvalue weighted by Gasteiger charge is -2.12. The van der Waals surface area contributed by atoms with Gasteiger partial charge in [-0.1, -0.05) is 0 Å². The number of nitrogens with zero attached hydrogens (tertiary/aromatic N) is 1. The van der Waals surface area contributed by atoms with Crippen LogP contribution >= 0.6 is 0 Å². The molecule has 0 aliphatic rings. The van der Waals surface area contributed by atoms with Crippen LogP contribution in [0.25, 0.3) is 0 Å². The summed E-state index contributed by atoms with van der Waals surface area (Å²) < 4.78 is 12.6. The molecule has 0 heterocycles. The van der Waals surface area contributed by atoms with Crippen molar-refractivity contribution in [2.75, 3.05) is 0 Å². The summed E-state index contributed by atoms with van der Waals surface area (Å²) in [5, 5.41) is 19.5. The molecule has 0 unspecified atom stereocenters. The standard InChI is InChI=1S/C12H11FN2O3/c13-9-5-3-8(4-6-9)11(16)15-10(12(17)18)2-1-7-14/h3-6,10H,1-2H2,(H,15,16)(H,17,18)/t10-/m0/s1. The fourth-order valence-corrected chi connectivity index (χ4v) is 1.31. The van der Waals surface area contributed by atoms with Gasteiger partial charge in [-0.15, -0.1) is 0 Å². The van der Waals surface area contributed by atoms with Crippen LogP contribution in [-0.2, 0) is 4.79 Å². The summed E-state index contributed by atoms with van der Waals surface area (Å²) in [6.45, 7) is 0. The van der Waals surface area contributed by atoms with Crippen molar-refractivity contribution in [1.82, 2.24) is 5.32 Å². The van der Waals surface area contributed by atoms with Crippen LogP contribution in [-0.4, -0.2) is 23.0 Å². The van der Waals surface area contributed by atoms with Crippen LogP contribution in [0.15, 0.2) is 24.3 Å². The zero-order valence-corrected chi connectivity index (χ0v) is 9.39. The topological polar surface area (TPSA) is 90.2 Å². The highest BCUT2D eigenvalue weighted by molar-refractivity contribution is 5.96. The number of hydrogen-bond acceptors (Lipinski definition) is 3. The van der Waals surface area contributed by atoms with E-state index in [1.54, 1.807) is 0 Å². The van der Waals surface area contributed by atoms with Crippen LogP contribution in [0.1, 0.15) is 23.2 Å². The highest BCUT2D eigenvalue weighted by atomic mass is 19.1. The van der Waals surface area contributed by atoms with Crippen LogP contribution in [0.2, 0.25) is 0 Å². The van der Waals surface area contributed by atoms with Gasteiger partial charge in [-0.2, -0.15) is 5.26 Å². The molecule has 1 aromatic rings. The minimum Gasteiger partial charge on any atom is -0.480 e. The average molecular weight is 250 g/mol. The Morgan fingerprint density at radius 3 is 2.50 bits per heavy atom. The number of nitriles is 1. The lowest BCUT2D eigenvalue weighted by atomic mass is 10.1. The number of amides is 1. The summed E-state index contributed by atoms with van der Waals surface area (Å²) in [6, 6.07) is 5.42. The Labute approximate surface area is 103 Å². The van der Waals surface area contributed by atoms with Gasteiger partial charge < -0.3 is 10.4 Å². The molecule has 0 aliphatic carbocycles. The van der Waals surface area contributed by atoms with Gasteiger partial charge in [0.15, 0.2) is 0 Å². The molecule has 0 saturated heterocycles. The van der Waals surface area contributed by atoms with Crippen molar-refractivity contribution < 1.29 is 19.1 Å². The van der Waals surface area contributed by atoms with E-state index in [1.807, 2.05) is 6.07 Å². The molecule has 2 N–H and O–H groups in total. The van der Waals surface area contributed by atoms with Crippen molar-refractivity contribution in [3.8, 4) is 6.07 Å². The second-order valence-corrected chi connectivity index (χ2v) is 3.57. The molecular formula is C12H11FN2O3. The first-order chi connectivity index (χ1) is 8.54. The van der Waals surface area contributed by atoms with E-state index < -0.39 is 23.7 Å². The summed E-state index contributed by atoms with van der Waals surface area (Å²) in [5.74, 6) is -2.30. The molecule has 1 rings (SSSR count). The molecule has 0 bridgehead atoms. The molecule has 94 valence electrons. The quantitative estimate of drug-likeness (QED) is 0.824. The fourth-order valence-electron chi connectivity index (χ4n) is 1.31. The van der Waals surface area contributed by atoms with Gasteiger partial charge >= 0.3 is 5.97 Å². The first kappa shape index (κ1) is 13.6. The Kier molecular flexibility index (Phi) is 4.81. The second-order valence-electron chi connectivity index (χ2n) is 3.57. The summed E-state index contributed by atoms with van der Waals surface area (Å²) in [4.78, 5) is 22.5. The largest absolute Gasteiger partial charge is 0.480 e. The number of benzene rings is 1. The Morgan fingerprint density at radius 1 is 1.39 bits per heavy atom. The third-order valence-electron chi connectivity index (χ3n) is 2.25. The number of carboxylic acid groups (broad SMARTS) is 1. The molecule has 18 heavy (non-hydrogen) atoms. The van der Waals surface area contributed by atoms with Crippen LogP contribution in [0.3, 0.4) is 0 Å². The van der Waals surface area contributed by atoms with Crippen LogP contribution in [0, 0.1) is 17.1 Å². The number of hydrogen-bond donors (Lipinski definition) is 2. The van der Waals surface area contributed by atoms with E-state index in [0.717, 1.165) is 12.1 Å². The number of aliphatic carboxylic acids is 1. The van der Waals surface area contributed by atoms with Crippen molar-refractivity contribution in [2.45, 2.75) is 18.9 Å². The maximum Gasteiger partial charge on any atom is 0.326 e. The van der Waals surface area contributed by atoms with Crippen molar-refractivity contribution in [3.05, 3.63) is 35.6 Å². The Hall–Kier alpha value is -2.42. The number of nitrogens with one attached hydrogen (secondary N) is 1. The van der Waals surface area contributed by atoms with Gasteiger partial charge in [-0.25, -0.2) is 9.18 Å². The smallest absolute Gasteiger partial charge is 0.326 e. The molecule has 1 amide bonds. The average Bonchev–Trinajstić information content (AvgIpc) is 2.34. The summed E-state index contributed by atoms with van der Waals surface area (Å²) >= 11 is 0. The number of rotatable bonds is 5. The number of carboxylic acids is 1. The third-order valence-corrected chi connectivity index (χ3v) is 2.25. The zero-order valence-electron chi connectivity index (χ0n) is 9.39. The Morgan fingerprint density at radius 2 is 2.00 bits per heavy atom. The van der Waals surface area contributed by atoms with E-state index in [1.165, 1.54) is 12.1 Å². The Balaban J connectivity index is 2.69. The summed E-state index contributed by atoms with van der Waals surface area (Å²) in [5.41, 5.74) is 0.166. The minimum atomic E-state index is -1.21.